The zero-order valence-corrected chi connectivity index (χ0v) is 15.6. The van der Waals surface area contributed by atoms with E-state index in [-0.39, 0.29) is 5.41 Å². The molecule has 0 amide bonds. The van der Waals surface area contributed by atoms with Gasteiger partial charge in [0.25, 0.3) is 0 Å². The largest absolute Gasteiger partial charge is 0.495 e. The predicted octanol–water partition coefficient (Wildman–Crippen LogP) is 5.58. The minimum Gasteiger partial charge on any atom is -0.495 e. The van der Waals surface area contributed by atoms with Crippen LogP contribution in [0, 0.1) is 29.1 Å². The molecular weight excluding hydrogens is 308 g/mol. The van der Waals surface area contributed by atoms with E-state index in [1.807, 2.05) is 0 Å². The van der Waals surface area contributed by atoms with E-state index in [1.54, 1.807) is 5.57 Å². The Bertz CT molecular complexity index is 624. The van der Waals surface area contributed by atoms with Crippen LogP contribution in [0.1, 0.15) is 77.6 Å². The van der Waals surface area contributed by atoms with E-state index < -0.39 is 0 Å². The van der Waals surface area contributed by atoms with E-state index in [4.69, 9.17) is 4.74 Å². The number of hydrogen-bond acceptors (Lipinski definition) is 2. The summed E-state index contributed by atoms with van der Waals surface area (Å²) in [6.45, 7) is 2.27. The summed E-state index contributed by atoms with van der Waals surface area (Å²) in [5, 5.41) is 0. The van der Waals surface area contributed by atoms with Gasteiger partial charge in [0.2, 0.25) is 0 Å². The van der Waals surface area contributed by atoms with Gasteiger partial charge in [0.15, 0.2) is 0 Å². The Morgan fingerprint density at radius 3 is 2.72 bits per heavy atom. The van der Waals surface area contributed by atoms with Crippen molar-refractivity contribution in [1.82, 2.24) is 0 Å². The van der Waals surface area contributed by atoms with Crippen molar-refractivity contribution < 1.29 is 9.53 Å². The highest BCUT2D eigenvalue weighted by Gasteiger charge is 2.55. The van der Waals surface area contributed by atoms with Crippen LogP contribution in [0.25, 0.3) is 0 Å². The number of Topliss-reactive ketones (excluding diaryl/α,β-unsaturated/α-hetero) is 1. The molecule has 2 heteroatoms. The van der Waals surface area contributed by atoms with E-state index in [0.717, 1.165) is 43.4 Å². The first-order valence-electron chi connectivity index (χ1n) is 10.8. The molecule has 0 heterocycles. The molecule has 136 valence electrons. The normalized spacial score (nSPS) is 43.8. The average molecular weight is 341 g/mol. The van der Waals surface area contributed by atoms with Crippen molar-refractivity contribution in [3.8, 4) is 0 Å². The van der Waals surface area contributed by atoms with Crippen LogP contribution in [-0.2, 0) is 9.53 Å². The quantitative estimate of drug-likeness (QED) is 0.656. The van der Waals surface area contributed by atoms with Crippen LogP contribution >= 0.6 is 0 Å². The summed E-state index contributed by atoms with van der Waals surface area (Å²) in [7, 11) is 0. The van der Waals surface area contributed by atoms with Crippen molar-refractivity contribution in [2.75, 3.05) is 0 Å². The Morgan fingerprint density at radius 2 is 1.88 bits per heavy atom. The minimum atomic E-state index is 0.00770. The fourth-order valence-corrected chi connectivity index (χ4v) is 7.01. The number of rotatable bonds is 2. The molecule has 2 nitrogen and oxygen atoms in total. The molecule has 5 rings (SSSR count). The number of carbonyl (C=O) groups is 1. The van der Waals surface area contributed by atoms with Crippen molar-refractivity contribution in [1.29, 1.82) is 0 Å². The molecule has 0 spiro atoms. The molecule has 3 saturated carbocycles. The van der Waals surface area contributed by atoms with Crippen molar-refractivity contribution in [2.24, 2.45) is 29.1 Å². The van der Waals surface area contributed by atoms with Gasteiger partial charge in [-0.2, -0.15) is 0 Å². The third kappa shape index (κ3) is 2.54. The molecular formula is C23H32O2. The minimum absolute atomic E-state index is 0.00770. The average Bonchev–Trinajstić information content (AvgIpc) is 3.23. The van der Waals surface area contributed by atoms with Gasteiger partial charge >= 0.3 is 0 Å². The molecule has 0 aliphatic heterocycles. The second kappa shape index (κ2) is 5.99. The smallest absolute Gasteiger partial charge is 0.139 e. The van der Waals surface area contributed by atoms with Gasteiger partial charge in [-0.25, -0.2) is 0 Å². The van der Waals surface area contributed by atoms with Crippen molar-refractivity contribution in [3.05, 3.63) is 23.5 Å². The lowest BCUT2D eigenvalue weighted by atomic mass is 9.53. The van der Waals surface area contributed by atoms with Crippen LogP contribution in [0.3, 0.4) is 0 Å². The molecule has 0 bridgehead atoms. The van der Waals surface area contributed by atoms with E-state index in [0.29, 0.717) is 17.8 Å². The first kappa shape index (κ1) is 16.1. The highest BCUT2D eigenvalue weighted by Crippen LogP contribution is 2.59. The third-order valence-corrected chi connectivity index (χ3v) is 8.42. The number of allylic oxidation sites excluding steroid dienone is 4. The first-order chi connectivity index (χ1) is 12.1. The van der Waals surface area contributed by atoms with Gasteiger partial charge in [0, 0.05) is 18.3 Å². The Balaban J connectivity index is 1.36. The fraction of sp³-hybridized carbons (Fsp3) is 0.783. The molecule has 25 heavy (non-hydrogen) atoms. The molecule has 0 radical (unpaired) electrons. The van der Waals surface area contributed by atoms with Crippen molar-refractivity contribution in [3.63, 3.8) is 0 Å². The number of ketones is 1. The molecule has 5 aliphatic carbocycles. The van der Waals surface area contributed by atoms with Gasteiger partial charge in [0.1, 0.15) is 5.78 Å². The standard InChI is InChI=1S/C23H32O2/c1-23-13-12-19-18-9-7-17(25-16-4-2-3-5-16)14-15(18)6-8-20(19)21(23)10-11-22(23)24/h6,14,16,18-21H,2-5,7-13H2,1H3/t18-,19+,20+,21-,23-/m0/s1. The summed E-state index contributed by atoms with van der Waals surface area (Å²) in [6.07, 6.45) is 18.5. The summed E-state index contributed by atoms with van der Waals surface area (Å²) in [5.74, 6) is 4.76. The van der Waals surface area contributed by atoms with Crippen LogP contribution < -0.4 is 0 Å². The molecule has 3 fully saturated rings. The van der Waals surface area contributed by atoms with Gasteiger partial charge in [-0.05, 0) is 93.1 Å². The van der Waals surface area contributed by atoms with Crippen LogP contribution in [0.15, 0.2) is 23.5 Å². The molecule has 0 N–H and O–H groups in total. The molecule has 5 atom stereocenters. The second-order valence-corrected chi connectivity index (χ2v) is 9.57. The Morgan fingerprint density at radius 1 is 1.04 bits per heavy atom. The SMILES string of the molecule is C[C@]12CC[C@H]3[C@@H](CC=C4C=C(OC5CCCC5)CC[C@@H]43)[C@@H]1CCC2=O. The predicted molar refractivity (Wildman–Crippen MR) is 98.9 cm³/mol. The molecule has 0 aromatic rings. The summed E-state index contributed by atoms with van der Waals surface area (Å²) in [4.78, 5) is 12.5. The van der Waals surface area contributed by atoms with E-state index in [2.05, 4.69) is 19.1 Å². The molecule has 0 aromatic heterocycles. The summed E-state index contributed by atoms with van der Waals surface area (Å²) in [5.41, 5.74) is 1.57. The Hall–Kier alpha value is -1.05. The number of fused-ring (bicyclic) bond motifs is 5. The maximum absolute atomic E-state index is 12.5. The number of carbonyl (C=O) groups excluding carboxylic acids is 1. The monoisotopic (exact) mass is 340 g/mol. The zero-order valence-electron chi connectivity index (χ0n) is 15.6. The lowest BCUT2D eigenvalue weighted by molar-refractivity contribution is -0.130. The highest BCUT2D eigenvalue weighted by molar-refractivity contribution is 5.87. The first-order valence-corrected chi connectivity index (χ1v) is 10.8. The van der Waals surface area contributed by atoms with Crippen LogP contribution in [0.4, 0.5) is 0 Å². The third-order valence-electron chi connectivity index (χ3n) is 8.42. The van der Waals surface area contributed by atoms with E-state index in [9.17, 15) is 4.79 Å². The van der Waals surface area contributed by atoms with Gasteiger partial charge in [-0.15, -0.1) is 0 Å². The summed E-state index contributed by atoms with van der Waals surface area (Å²) < 4.78 is 6.31. The Labute approximate surface area is 152 Å². The van der Waals surface area contributed by atoms with Gasteiger partial charge in [-0.1, -0.05) is 13.0 Å². The van der Waals surface area contributed by atoms with Gasteiger partial charge < -0.3 is 4.74 Å². The van der Waals surface area contributed by atoms with Gasteiger partial charge in [0.05, 0.1) is 11.9 Å². The van der Waals surface area contributed by atoms with E-state index in [1.165, 1.54) is 50.7 Å². The molecule has 0 unspecified atom stereocenters. The fourth-order valence-electron chi connectivity index (χ4n) is 7.01. The topological polar surface area (TPSA) is 26.3 Å². The molecule has 0 saturated heterocycles. The summed E-state index contributed by atoms with van der Waals surface area (Å²) >= 11 is 0. The van der Waals surface area contributed by atoms with Crippen LogP contribution in [0.2, 0.25) is 0 Å². The lowest BCUT2D eigenvalue weighted by Gasteiger charge is -2.50. The lowest BCUT2D eigenvalue weighted by Crippen LogP contribution is -2.45. The number of hydrogen-bond donors (Lipinski definition) is 0. The molecule has 0 aromatic carbocycles. The highest BCUT2D eigenvalue weighted by atomic mass is 16.5. The molecule has 5 aliphatic rings. The van der Waals surface area contributed by atoms with E-state index >= 15 is 0 Å². The maximum atomic E-state index is 12.5. The second-order valence-electron chi connectivity index (χ2n) is 9.57. The van der Waals surface area contributed by atoms with Crippen LogP contribution in [0.5, 0.6) is 0 Å². The maximum Gasteiger partial charge on any atom is 0.139 e. The van der Waals surface area contributed by atoms with Crippen LogP contribution in [-0.4, -0.2) is 11.9 Å². The number of ether oxygens (including phenoxy) is 1. The Kier molecular flexibility index (Phi) is 3.87. The summed E-state index contributed by atoms with van der Waals surface area (Å²) in [6, 6.07) is 0. The van der Waals surface area contributed by atoms with Crippen molar-refractivity contribution >= 4 is 5.78 Å². The van der Waals surface area contributed by atoms with Crippen molar-refractivity contribution in [2.45, 2.75) is 83.7 Å². The zero-order chi connectivity index (χ0) is 17.0. The van der Waals surface area contributed by atoms with Gasteiger partial charge in [-0.3, -0.25) is 4.79 Å².